The van der Waals surface area contributed by atoms with Gasteiger partial charge in [0.05, 0.1) is 5.69 Å². The molecule has 0 aliphatic carbocycles. The second kappa shape index (κ2) is 10.8. The van der Waals surface area contributed by atoms with Crippen molar-refractivity contribution in [2.45, 2.75) is 0 Å². The smallest absolute Gasteiger partial charge is 0.160 e. The van der Waals surface area contributed by atoms with Crippen molar-refractivity contribution in [1.29, 1.82) is 0 Å². The fourth-order valence-electron chi connectivity index (χ4n) is 6.83. The van der Waals surface area contributed by atoms with E-state index >= 15 is 0 Å². The van der Waals surface area contributed by atoms with Crippen molar-refractivity contribution in [3.8, 4) is 22.3 Å². The third-order valence-electron chi connectivity index (χ3n) is 9.03. The number of benzene rings is 8. The number of anilines is 3. The van der Waals surface area contributed by atoms with Crippen molar-refractivity contribution in [2.75, 3.05) is 4.90 Å². The minimum atomic E-state index is 0.876. The lowest BCUT2D eigenvalue weighted by atomic mass is 9.96. The Labute approximate surface area is 267 Å². The highest BCUT2D eigenvalue weighted by Gasteiger charge is 2.24. The summed E-state index contributed by atoms with van der Waals surface area (Å²) in [6.07, 6.45) is 0. The van der Waals surface area contributed by atoms with Crippen LogP contribution in [0.25, 0.3) is 65.7 Å². The lowest BCUT2D eigenvalue weighted by molar-refractivity contribution is 0.669. The van der Waals surface area contributed by atoms with E-state index in [9.17, 15) is 0 Å². The van der Waals surface area contributed by atoms with Gasteiger partial charge in [0.2, 0.25) is 0 Å². The summed E-state index contributed by atoms with van der Waals surface area (Å²) in [6.45, 7) is 0. The SMILES string of the molecule is c1ccc(-c2ccc(N(c3cccc(-c4ccccc4)c3)c3c4ccc5ccccc5c4cc4c3oc3ccccc34)cc2)cc1. The molecule has 0 N–H and O–H groups in total. The van der Waals surface area contributed by atoms with E-state index in [1.165, 1.54) is 32.8 Å². The van der Waals surface area contributed by atoms with Crippen molar-refractivity contribution >= 4 is 60.5 Å². The average Bonchev–Trinajstić information content (AvgIpc) is 3.51. The number of rotatable bonds is 5. The van der Waals surface area contributed by atoms with E-state index in [4.69, 9.17) is 4.42 Å². The molecule has 0 amide bonds. The van der Waals surface area contributed by atoms with Crippen LogP contribution in [0.15, 0.2) is 180 Å². The maximum atomic E-state index is 6.79. The Kier molecular flexibility index (Phi) is 6.17. The van der Waals surface area contributed by atoms with Gasteiger partial charge >= 0.3 is 0 Å². The fraction of sp³-hybridized carbons (Fsp3) is 0. The van der Waals surface area contributed by atoms with Gasteiger partial charge in [0.1, 0.15) is 5.58 Å². The molecular formula is C44H29NO. The van der Waals surface area contributed by atoms with Gasteiger partial charge in [-0.1, -0.05) is 140 Å². The summed E-state index contributed by atoms with van der Waals surface area (Å²) in [7, 11) is 0. The van der Waals surface area contributed by atoms with Crippen molar-refractivity contribution in [3.63, 3.8) is 0 Å². The Hall–Kier alpha value is -6.12. The lowest BCUT2D eigenvalue weighted by Crippen LogP contribution is -2.11. The third kappa shape index (κ3) is 4.35. The van der Waals surface area contributed by atoms with E-state index in [1.54, 1.807) is 0 Å². The Morgan fingerprint density at radius 3 is 1.76 bits per heavy atom. The highest BCUT2D eigenvalue weighted by Crippen LogP contribution is 2.48. The van der Waals surface area contributed by atoms with Gasteiger partial charge in [-0.25, -0.2) is 0 Å². The van der Waals surface area contributed by atoms with E-state index in [0.29, 0.717) is 0 Å². The van der Waals surface area contributed by atoms with E-state index < -0.39 is 0 Å². The maximum Gasteiger partial charge on any atom is 0.160 e. The van der Waals surface area contributed by atoms with Gasteiger partial charge in [0, 0.05) is 27.5 Å². The van der Waals surface area contributed by atoms with Crippen molar-refractivity contribution in [1.82, 2.24) is 0 Å². The molecule has 0 saturated carbocycles. The molecule has 0 spiro atoms. The fourth-order valence-corrected chi connectivity index (χ4v) is 6.83. The normalized spacial score (nSPS) is 11.5. The van der Waals surface area contributed by atoms with Crippen LogP contribution in [0.1, 0.15) is 0 Å². The Morgan fingerprint density at radius 1 is 0.348 bits per heavy atom. The van der Waals surface area contributed by atoms with Crippen LogP contribution in [0.3, 0.4) is 0 Å². The van der Waals surface area contributed by atoms with Gasteiger partial charge in [0.15, 0.2) is 5.58 Å². The van der Waals surface area contributed by atoms with Gasteiger partial charge in [-0.15, -0.1) is 0 Å². The topological polar surface area (TPSA) is 16.4 Å². The maximum absolute atomic E-state index is 6.79. The molecule has 0 aliphatic heterocycles. The van der Waals surface area contributed by atoms with Crippen LogP contribution in [-0.4, -0.2) is 0 Å². The molecule has 46 heavy (non-hydrogen) atoms. The first-order chi connectivity index (χ1) is 22.8. The molecule has 1 aromatic heterocycles. The molecule has 0 saturated heterocycles. The lowest BCUT2D eigenvalue weighted by Gasteiger charge is -2.28. The molecule has 0 unspecified atom stereocenters. The van der Waals surface area contributed by atoms with Crippen molar-refractivity contribution in [2.24, 2.45) is 0 Å². The molecule has 0 atom stereocenters. The molecule has 9 aromatic rings. The molecule has 0 bridgehead atoms. The zero-order chi connectivity index (χ0) is 30.5. The molecule has 1 heterocycles. The minimum absolute atomic E-state index is 0.876. The van der Waals surface area contributed by atoms with Crippen molar-refractivity contribution in [3.05, 3.63) is 176 Å². The van der Waals surface area contributed by atoms with Crippen LogP contribution in [0.2, 0.25) is 0 Å². The number of furan rings is 1. The van der Waals surface area contributed by atoms with E-state index in [-0.39, 0.29) is 0 Å². The van der Waals surface area contributed by atoms with Crippen LogP contribution in [-0.2, 0) is 0 Å². The first kappa shape index (κ1) is 26.3. The zero-order valence-corrected chi connectivity index (χ0v) is 25.1. The summed E-state index contributed by atoms with van der Waals surface area (Å²) < 4.78 is 6.79. The summed E-state index contributed by atoms with van der Waals surface area (Å²) in [5.41, 5.74) is 9.65. The zero-order valence-electron chi connectivity index (χ0n) is 25.1. The highest BCUT2D eigenvalue weighted by atomic mass is 16.3. The Bertz CT molecular complexity index is 2510. The summed E-state index contributed by atoms with van der Waals surface area (Å²) in [5.74, 6) is 0. The van der Waals surface area contributed by atoms with E-state index in [1.807, 2.05) is 6.07 Å². The van der Waals surface area contributed by atoms with Gasteiger partial charge in [-0.3, -0.25) is 0 Å². The predicted molar refractivity (Wildman–Crippen MR) is 194 cm³/mol. The number of nitrogens with zero attached hydrogens (tertiary/aromatic N) is 1. The third-order valence-corrected chi connectivity index (χ3v) is 9.03. The largest absolute Gasteiger partial charge is 0.454 e. The number of fused-ring (bicyclic) bond motifs is 6. The molecular weight excluding hydrogens is 558 g/mol. The highest BCUT2D eigenvalue weighted by molar-refractivity contribution is 6.24. The second-order valence-electron chi connectivity index (χ2n) is 11.7. The molecule has 2 nitrogen and oxygen atoms in total. The minimum Gasteiger partial charge on any atom is -0.454 e. The van der Waals surface area contributed by atoms with Crippen LogP contribution >= 0.6 is 0 Å². The van der Waals surface area contributed by atoms with E-state index in [2.05, 4.69) is 175 Å². The average molecular weight is 588 g/mol. The van der Waals surface area contributed by atoms with Crippen LogP contribution in [0, 0.1) is 0 Å². The van der Waals surface area contributed by atoms with Gasteiger partial charge in [-0.2, -0.15) is 0 Å². The van der Waals surface area contributed by atoms with Crippen LogP contribution in [0.4, 0.5) is 17.1 Å². The summed E-state index contributed by atoms with van der Waals surface area (Å²) in [4.78, 5) is 2.38. The van der Waals surface area contributed by atoms with Gasteiger partial charge in [0.25, 0.3) is 0 Å². The molecule has 2 heteroatoms. The molecule has 9 rings (SSSR count). The monoisotopic (exact) mass is 587 g/mol. The Morgan fingerprint density at radius 2 is 0.978 bits per heavy atom. The first-order valence-electron chi connectivity index (χ1n) is 15.7. The summed E-state index contributed by atoms with van der Waals surface area (Å²) in [5, 5.41) is 7.02. The van der Waals surface area contributed by atoms with Crippen LogP contribution in [0.5, 0.6) is 0 Å². The molecule has 0 aliphatic rings. The second-order valence-corrected chi connectivity index (χ2v) is 11.7. The first-order valence-corrected chi connectivity index (χ1v) is 15.7. The number of hydrogen-bond acceptors (Lipinski definition) is 2. The molecule has 216 valence electrons. The Balaban J connectivity index is 1.37. The van der Waals surface area contributed by atoms with Gasteiger partial charge in [-0.05, 0) is 74.8 Å². The quantitative estimate of drug-likeness (QED) is 0.186. The molecule has 8 aromatic carbocycles. The number of hydrogen-bond donors (Lipinski definition) is 0. The number of para-hydroxylation sites is 1. The standard InChI is InChI=1S/C44H29NO/c1-3-12-30(13-4-1)32-22-25-35(26-23-32)45(36-18-11-17-34(28-36)31-14-5-2-6-15-31)43-39-27-24-33-16-7-8-19-37(33)40(39)29-41-38-20-9-10-21-42(38)46-44(41)43/h1-29H. The molecule has 0 fully saturated rings. The van der Waals surface area contributed by atoms with Gasteiger partial charge < -0.3 is 9.32 Å². The van der Waals surface area contributed by atoms with Crippen LogP contribution < -0.4 is 4.90 Å². The predicted octanol–water partition coefficient (Wildman–Crippen LogP) is 12.7. The summed E-state index contributed by atoms with van der Waals surface area (Å²) in [6, 6.07) is 62.7. The molecule has 0 radical (unpaired) electrons. The summed E-state index contributed by atoms with van der Waals surface area (Å²) >= 11 is 0. The van der Waals surface area contributed by atoms with E-state index in [0.717, 1.165) is 50.0 Å². The van der Waals surface area contributed by atoms with Crippen molar-refractivity contribution < 1.29 is 4.42 Å².